The summed E-state index contributed by atoms with van der Waals surface area (Å²) in [5, 5.41) is 25.0. The van der Waals surface area contributed by atoms with Crippen LogP contribution in [0, 0.1) is 20.2 Å². The van der Waals surface area contributed by atoms with Crippen LogP contribution in [0.25, 0.3) is 0 Å². The fourth-order valence-electron chi connectivity index (χ4n) is 2.37. The highest BCUT2D eigenvalue weighted by molar-refractivity contribution is 5.53. The van der Waals surface area contributed by atoms with Crippen LogP contribution in [0.2, 0.25) is 0 Å². The quantitative estimate of drug-likeness (QED) is 0.637. The monoisotopic (exact) mass is 295 g/mol. The van der Waals surface area contributed by atoms with Crippen LogP contribution >= 0.6 is 0 Å². The maximum atomic E-state index is 11.0. The second kappa shape index (κ2) is 6.98. The van der Waals surface area contributed by atoms with E-state index in [2.05, 4.69) is 5.32 Å². The highest BCUT2D eigenvalue weighted by Gasteiger charge is 2.21. The predicted octanol–water partition coefficient (Wildman–Crippen LogP) is 2.41. The van der Waals surface area contributed by atoms with Crippen molar-refractivity contribution in [3.05, 3.63) is 38.4 Å². The van der Waals surface area contributed by atoms with Crippen molar-refractivity contribution in [1.82, 2.24) is 5.32 Å². The average Bonchev–Trinajstić information content (AvgIpc) is 2.48. The van der Waals surface area contributed by atoms with Crippen molar-refractivity contribution in [3.8, 4) is 5.75 Å². The van der Waals surface area contributed by atoms with E-state index in [1.54, 1.807) is 0 Å². The third kappa shape index (κ3) is 4.12. The molecule has 1 saturated heterocycles. The SMILES string of the molecule is O=[N+]([O-])c1ccc(OCCC2CCCCN2)c([N+](=O)[O-])c1. The van der Waals surface area contributed by atoms with Gasteiger partial charge in [0.15, 0.2) is 5.75 Å². The lowest BCUT2D eigenvalue weighted by atomic mass is 10.0. The van der Waals surface area contributed by atoms with Gasteiger partial charge >= 0.3 is 5.69 Å². The number of benzene rings is 1. The highest BCUT2D eigenvalue weighted by Crippen LogP contribution is 2.31. The fourth-order valence-corrected chi connectivity index (χ4v) is 2.37. The van der Waals surface area contributed by atoms with Gasteiger partial charge in [-0.15, -0.1) is 0 Å². The molecule has 0 amide bonds. The molecule has 1 aliphatic rings. The highest BCUT2D eigenvalue weighted by atomic mass is 16.6. The molecule has 1 aliphatic heterocycles. The lowest BCUT2D eigenvalue weighted by Crippen LogP contribution is -2.35. The van der Waals surface area contributed by atoms with Gasteiger partial charge in [-0.25, -0.2) is 0 Å². The van der Waals surface area contributed by atoms with E-state index in [-0.39, 0.29) is 17.1 Å². The first-order chi connectivity index (χ1) is 10.1. The molecule has 21 heavy (non-hydrogen) atoms. The molecule has 0 radical (unpaired) electrons. The zero-order valence-electron chi connectivity index (χ0n) is 11.5. The first-order valence-electron chi connectivity index (χ1n) is 6.87. The molecule has 8 nitrogen and oxygen atoms in total. The molecule has 0 aromatic heterocycles. The van der Waals surface area contributed by atoms with Crippen molar-refractivity contribution in [2.75, 3.05) is 13.2 Å². The molecule has 1 N–H and O–H groups in total. The molecule has 1 aromatic rings. The Morgan fingerprint density at radius 2 is 2.05 bits per heavy atom. The maximum Gasteiger partial charge on any atom is 0.317 e. The molecule has 8 heteroatoms. The zero-order chi connectivity index (χ0) is 15.2. The van der Waals surface area contributed by atoms with Crippen LogP contribution in [0.15, 0.2) is 18.2 Å². The van der Waals surface area contributed by atoms with Crippen LogP contribution in [-0.4, -0.2) is 29.0 Å². The Morgan fingerprint density at radius 1 is 1.24 bits per heavy atom. The van der Waals surface area contributed by atoms with Crippen molar-refractivity contribution >= 4 is 11.4 Å². The number of nitrogens with one attached hydrogen (secondary N) is 1. The van der Waals surface area contributed by atoms with E-state index in [0.717, 1.165) is 25.5 Å². The molecule has 114 valence electrons. The predicted molar refractivity (Wildman–Crippen MR) is 75.5 cm³/mol. The van der Waals surface area contributed by atoms with E-state index in [4.69, 9.17) is 4.74 Å². The van der Waals surface area contributed by atoms with Crippen LogP contribution in [-0.2, 0) is 0 Å². The summed E-state index contributed by atoms with van der Waals surface area (Å²) < 4.78 is 5.43. The molecule has 1 atom stereocenters. The maximum absolute atomic E-state index is 11.0. The Kier molecular flexibility index (Phi) is 5.04. The summed E-state index contributed by atoms with van der Waals surface area (Å²) >= 11 is 0. The van der Waals surface area contributed by atoms with Gasteiger partial charge in [-0.05, 0) is 31.9 Å². The topological polar surface area (TPSA) is 108 Å². The smallest absolute Gasteiger partial charge is 0.317 e. The standard InChI is InChI=1S/C13H17N3O5/c17-15(18)11-4-5-13(12(9-11)16(19)20)21-8-6-10-3-1-2-7-14-10/h4-5,9-10,14H,1-3,6-8H2. The van der Waals surface area contributed by atoms with E-state index in [0.29, 0.717) is 12.6 Å². The number of piperidine rings is 1. The van der Waals surface area contributed by atoms with E-state index in [1.165, 1.54) is 25.0 Å². The second-order valence-electron chi connectivity index (χ2n) is 4.95. The summed E-state index contributed by atoms with van der Waals surface area (Å²) in [5.74, 6) is 0.0707. The molecule has 1 fully saturated rings. The van der Waals surface area contributed by atoms with Crippen molar-refractivity contribution in [3.63, 3.8) is 0 Å². The van der Waals surface area contributed by atoms with Crippen molar-refractivity contribution in [2.45, 2.75) is 31.7 Å². The summed E-state index contributed by atoms with van der Waals surface area (Å²) in [5.41, 5.74) is -0.691. The fraction of sp³-hybridized carbons (Fsp3) is 0.538. The average molecular weight is 295 g/mol. The van der Waals surface area contributed by atoms with E-state index in [1.807, 2.05) is 0 Å². The normalized spacial score (nSPS) is 18.2. The first-order valence-corrected chi connectivity index (χ1v) is 6.87. The number of non-ortho nitro benzene ring substituents is 1. The molecule has 0 saturated carbocycles. The minimum atomic E-state index is -0.665. The molecular formula is C13H17N3O5. The minimum absolute atomic E-state index is 0.0707. The van der Waals surface area contributed by atoms with Crippen molar-refractivity contribution in [1.29, 1.82) is 0 Å². The van der Waals surface area contributed by atoms with E-state index in [9.17, 15) is 20.2 Å². The summed E-state index contributed by atoms with van der Waals surface area (Å²) in [6.07, 6.45) is 4.18. The largest absolute Gasteiger partial charge is 0.487 e. The zero-order valence-corrected chi connectivity index (χ0v) is 11.5. The Hall–Kier alpha value is -2.22. The van der Waals surface area contributed by atoms with E-state index >= 15 is 0 Å². The van der Waals surface area contributed by atoms with Gasteiger partial charge in [-0.1, -0.05) is 6.42 Å². The Bertz CT molecular complexity index is 529. The van der Waals surface area contributed by atoms with Gasteiger partial charge in [-0.3, -0.25) is 20.2 Å². The lowest BCUT2D eigenvalue weighted by molar-refractivity contribution is -0.394. The molecule has 0 spiro atoms. The molecule has 1 heterocycles. The lowest BCUT2D eigenvalue weighted by Gasteiger charge is -2.23. The van der Waals surface area contributed by atoms with Gasteiger partial charge < -0.3 is 10.1 Å². The van der Waals surface area contributed by atoms with E-state index < -0.39 is 9.85 Å². The van der Waals surface area contributed by atoms with Crippen LogP contribution < -0.4 is 10.1 Å². The van der Waals surface area contributed by atoms with Crippen molar-refractivity contribution < 1.29 is 14.6 Å². The van der Waals surface area contributed by atoms with Gasteiger partial charge in [0.25, 0.3) is 5.69 Å². The number of hydrogen-bond donors (Lipinski definition) is 1. The molecule has 1 unspecified atom stereocenters. The number of nitro groups is 2. The Labute approximate surface area is 121 Å². The Morgan fingerprint density at radius 3 is 2.67 bits per heavy atom. The first kappa shape index (κ1) is 15.2. The molecule has 2 rings (SSSR count). The van der Waals surface area contributed by atoms with Gasteiger partial charge in [-0.2, -0.15) is 0 Å². The van der Waals surface area contributed by atoms with Gasteiger partial charge in [0.1, 0.15) is 0 Å². The summed E-state index contributed by atoms with van der Waals surface area (Å²) in [4.78, 5) is 20.3. The Balaban J connectivity index is 1.98. The van der Waals surface area contributed by atoms with Crippen molar-refractivity contribution in [2.24, 2.45) is 0 Å². The van der Waals surface area contributed by atoms with Crippen LogP contribution in [0.1, 0.15) is 25.7 Å². The van der Waals surface area contributed by atoms with Gasteiger partial charge in [0.05, 0.1) is 22.5 Å². The van der Waals surface area contributed by atoms with Gasteiger partial charge in [0, 0.05) is 12.1 Å². The molecule has 1 aromatic carbocycles. The third-order valence-electron chi connectivity index (χ3n) is 3.49. The van der Waals surface area contributed by atoms with Crippen LogP contribution in [0.5, 0.6) is 5.75 Å². The molecule has 0 aliphatic carbocycles. The van der Waals surface area contributed by atoms with Gasteiger partial charge in [0.2, 0.25) is 0 Å². The molecule has 0 bridgehead atoms. The molecular weight excluding hydrogens is 278 g/mol. The third-order valence-corrected chi connectivity index (χ3v) is 3.49. The number of rotatable bonds is 6. The number of nitrogens with zero attached hydrogens (tertiary/aromatic N) is 2. The summed E-state index contributed by atoms with van der Waals surface area (Å²) in [6.45, 7) is 1.33. The van der Waals surface area contributed by atoms with Crippen LogP contribution in [0.3, 0.4) is 0 Å². The second-order valence-corrected chi connectivity index (χ2v) is 4.95. The van der Waals surface area contributed by atoms with Crippen LogP contribution in [0.4, 0.5) is 11.4 Å². The summed E-state index contributed by atoms with van der Waals surface area (Å²) in [6, 6.07) is 3.79. The summed E-state index contributed by atoms with van der Waals surface area (Å²) in [7, 11) is 0. The number of nitro benzene ring substituents is 2. The number of ether oxygens (including phenoxy) is 1. The minimum Gasteiger partial charge on any atom is -0.487 e. The number of hydrogen-bond acceptors (Lipinski definition) is 6.